The van der Waals surface area contributed by atoms with Crippen LogP contribution in [0.2, 0.25) is 6.32 Å². The molecule has 15 aromatic rings. The lowest BCUT2D eigenvalue weighted by atomic mass is 9.83. The third-order valence-electron chi connectivity index (χ3n) is 20.2. The molecule has 0 aliphatic rings. The van der Waals surface area contributed by atoms with Crippen molar-refractivity contribution < 1.29 is 68.7 Å². The molecule has 636 valence electrons. The van der Waals surface area contributed by atoms with E-state index in [0.29, 0.717) is 50.4 Å². The zero-order chi connectivity index (χ0) is 86.0. The molecular weight excluding hydrogens is 1600 g/mol. The summed E-state index contributed by atoms with van der Waals surface area (Å²) in [6, 6.07) is 60.6. The SMILES string of the molecule is COc1ccc(-c2nc3ccccc3n2CCCCC(=O)NO)cc1.COc1ccc(-c2nc3ccccc3n2CCCCCB(O)O)cc1F.COc1ccc(-c2nc3ccccc3n2CCCCCC(=O)NO)cc1.O=C(CCCCCn1c(-c2cscn2)nc2ccccc21)NO.O=C(CCCCn1c(-c2cscn2)nc2ccccc21)NO. The maximum Gasteiger partial charge on any atom is 0.451 e. The lowest BCUT2D eigenvalue weighted by molar-refractivity contribution is -0.130. The van der Waals surface area contributed by atoms with Crippen molar-refractivity contribution in [3.05, 3.63) is 216 Å². The van der Waals surface area contributed by atoms with Gasteiger partial charge in [-0.2, -0.15) is 0 Å². The van der Waals surface area contributed by atoms with Gasteiger partial charge in [-0.3, -0.25) is 40.0 Å². The van der Waals surface area contributed by atoms with Crippen molar-refractivity contribution in [2.45, 2.75) is 148 Å². The second-order valence-electron chi connectivity index (χ2n) is 28.4. The van der Waals surface area contributed by atoms with Crippen molar-refractivity contribution >= 4 is 109 Å². The monoisotopic (exact) mass is 1690 g/mol. The number of para-hydroxylation sites is 10. The predicted molar refractivity (Wildman–Crippen MR) is 470 cm³/mol. The van der Waals surface area contributed by atoms with E-state index >= 15 is 0 Å². The summed E-state index contributed by atoms with van der Waals surface area (Å²) < 4.78 is 40.4. The minimum absolute atomic E-state index is 0.207. The Balaban J connectivity index is 0.000000149. The number of aryl methyl sites for hydroxylation is 5. The summed E-state index contributed by atoms with van der Waals surface area (Å²) in [7, 11) is 3.49. The summed E-state index contributed by atoms with van der Waals surface area (Å²) in [5.41, 5.74) is 24.8. The van der Waals surface area contributed by atoms with Gasteiger partial charge in [0.2, 0.25) is 23.6 Å². The van der Waals surface area contributed by atoms with Crippen LogP contribution in [-0.2, 0) is 51.9 Å². The number of aromatic nitrogens is 12. The third kappa shape index (κ3) is 24.8. The van der Waals surface area contributed by atoms with Crippen molar-refractivity contribution in [1.29, 1.82) is 0 Å². The molecule has 0 unspecified atom stereocenters. The number of ether oxygens (including phenoxy) is 3. The van der Waals surface area contributed by atoms with Crippen LogP contribution in [0.1, 0.15) is 109 Å². The quantitative estimate of drug-likeness (QED) is 0.00754. The lowest BCUT2D eigenvalue weighted by Gasteiger charge is -2.10. The number of thiazole rings is 2. The summed E-state index contributed by atoms with van der Waals surface area (Å²) in [5.74, 6) is 4.33. The van der Waals surface area contributed by atoms with Crippen LogP contribution in [0.4, 0.5) is 4.39 Å². The Kier molecular flexibility index (Phi) is 34.6. The average molecular weight is 1700 g/mol. The molecule has 4 amide bonds. The molecule has 29 nitrogen and oxygen atoms in total. The smallest absolute Gasteiger partial charge is 0.451 e. The van der Waals surface area contributed by atoms with E-state index in [2.05, 4.69) is 61.0 Å². The van der Waals surface area contributed by atoms with E-state index < -0.39 is 12.9 Å². The van der Waals surface area contributed by atoms with Gasteiger partial charge in [-0.15, -0.1) is 22.7 Å². The molecule has 0 saturated heterocycles. The molecule has 15 rings (SSSR count). The summed E-state index contributed by atoms with van der Waals surface area (Å²) in [5, 5.41) is 56.0. The Bertz CT molecular complexity index is 5800. The van der Waals surface area contributed by atoms with E-state index in [1.807, 2.05) is 174 Å². The highest BCUT2D eigenvalue weighted by atomic mass is 32.1. The molecule has 7 aromatic heterocycles. The fourth-order valence-corrected chi connectivity index (χ4v) is 15.1. The molecule has 122 heavy (non-hydrogen) atoms. The zero-order valence-electron chi connectivity index (χ0n) is 68.2. The standard InChI is InChI=1S/C20H23N3O3.C19H22BFN2O3.C19H21N3O3.C16H18N4O2S.C15H16N4O2S/c1-26-16-12-10-15(11-13-16)20-21-17-7-4-5-8-18(17)23(20)14-6-2-3-9-19(24)22-25;1-26-18-10-9-14(13-15(18)21)19-22-16-7-3-4-8-17(16)23(19)12-6-2-5-11-20(24)25;1-25-15-11-9-14(10-12-15)19-20-16-6-2-3-7-17(16)22(19)13-5-4-8-18(23)21-24;21-15(19-22)8-2-1-5-9-20-14-7-4-3-6-12(14)18-16(20)13-10-23-11-17-13;20-14(18-21)7-3-4-8-19-13-6-2-1-5-11(13)17-15(19)12-9-22-10-16-12/h4-5,7-8,10-13,25H,2-3,6,9,14H2,1H3,(H,22,24);3-4,7-10,13,24-25H,2,5-6,11-12H2,1H3;2-3,6-7,9-12,24H,4-5,8,13H2,1H3,(H,21,23);3-4,6-7,10-11,22H,1-2,5,8-9H2,(H,19,21);1-2,5-6,9-10,21H,3-4,7-8H2,(H,18,20). The van der Waals surface area contributed by atoms with Gasteiger partial charge in [0.05, 0.1) is 87.5 Å². The van der Waals surface area contributed by atoms with Gasteiger partial charge in [-0.1, -0.05) is 86.3 Å². The first-order chi connectivity index (χ1) is 59.6. The first-order valence-electron chi connectivity index (χ1n) is 40.4. The first kappa shape index (κ1) is 90.2. The largest absolute Gasteiger partial charge is 0.497 e. The van der Waals surface area contributed by atoms with Crippen LogP contribution < -0.4 is 36.1 Å². The number of nitrogens with zero attached hydrogens (tertiary/aromatic N) is 12. The van der Waals surface area contributed by atoms with E-state index in [1.165, 1.54) is 13.2 Å². The first-order valence-corrected chi connectivity index (χ1v) is 42.3. The van der Waals surface area contributed by atoms with Gasteiger partial charge in [0.25, 0.3) is 0 Å². The number of unbranched alkanes of at least 4 members (excludes halogenated alkanes) is 8. The van der Waals surface area contributed by atoms with Crippen molar-refractivity contribution in [3.8, 4) is 74.4 Å². The number of hydroxylamine groups is 4. The van der Waals surface area contributed by atoms with Gasteiger partial charge >= 0.3 is 7.12 Å². The number of methoxy groups -OCH3 is 3. The van der Waals surface area contributed by atoms with Crippen LogP contribution in [0, 0.1) is 5.82 Å². The molecule has 0 bridgehead atoms. The van der Waals surface area contributed by atoms with Crippen LogP contribution in [0.3, 0.4) is 0 Å². The highest BCUT2D eigenvalue weighted by Crippen LogP contribution is 2.34. The number of carbonyl (C=O) groups excluding carboxylic acids is 4. The molecule has 0 aliphatic heterocycles. The summed E-state index contributed by atoms with van der Waals surface area (Å²) in [6.45, 7) is 3.88. The minimum Gasteiger partial charge on any atom is -0.497 e. The van der Waals surface area contributed by atoms with Crippen LogP contribution in [0.25, 0.3) is 112 Å². The number of amides is 4. The highest BCUT2D eigenvalue weighted by molar-refractivity contribution is 7.08. The van der Waals surface area contributed by atoms with Crippen LogP contribution in [0.5, 0.6) is 17.2 Å². The molecule has 8 aromatic carbocycles. The van der Waals surface area contributed by atoms with Crippen LogP contribution in [-0.4, -0.2) is 141 Å². The molecule has 0 spiro atoms. The fraction of sp³-hybridized carbons (Fsp3) is 0.292. The molecule has 10 N–H and O–H groups in total. The second kappa shape index (κ2) is 46.8. The van der Waals surface area contributed by atoms with Crippen molar-refractivity contribution in [3.63, 3.8) is 0 Å². The van der Waals surface area contributed by atoms with Gasteiger partial charge in [-0.05, 0) is 192 Å². The maximum atomic E-state index is 14.1. The summed E-state index contributed by atoms with van der Waals surface area (Å²) in [4.78, 5) is 76.6. The van der Waals surface area contributed by atoms with E-state index in [0.717, 1.165) is 222 Å². The summed E-state index contributed by atoms with van der Waals surface area (Å²) in [6.07, 6.45) is 12.4. The number of halogens is 1. The number of nitrogens with one attached hydrogen (secondary N) is 4. The van der Waals surface area contributed by atoms with E-state index in [9.17, 15) is 23.6 Å². The Labute approximate surface area is 712 Å². The lowest BCUT2D eigenvalue weighted by Crippen LogP contribution is -2.18. The van der Waals surface area contributed by atoms with Gasteiger partial charge in [0.15, 0.2) is 23.2 Å². The number of benzene rings is 8. The Morgan fingerprint density at radius 3 is 0.943 bits per heavy atom. The number of hydrogen-bond acceptors (Lipinski definition) is 22. The molecule has 0 fully saturated rings. The molecule has 0 saturated carbocycles. The number of carbonyl (C=O) groups is 4. The average Bonchev–Trinajstić information content (AvgIpc) is 1.61. The Hall–Kier alpha value is -12.6. The highest BCUT2D eigenvalue weighted by Gasteiger charge is 2.21. The second-order valence-corrected chi connectivity index (χ2v) is 29.9. The van der Waals surface area contributed by atoms with Gasteiger partial charge < -0.3 is 47.1 Å². The maximum absolute atomic E-state index is 14.1. The molecular formula is C89H100BFN16O13S2. The Morgan fingerprint density at radius 2 is 0.648 bits per heavy atom. The van der Waals surface area contributed by atoms with Crippen molar-refractivity contribution in [2.24, 2.45) is 0 Å². The van der Waals surface area contributed by atoms with Crippen molar-refractivity contribution in [1.82, 2.24) is 79.6 Å². The van der Waals surface area contributed by atoms with Crippen molar-refractivity contribution in [2.75, 3.05) is 21.3 Å². The predicted octanol–water partition coefficient (Wildman–Crippen LogP) is 16.7. The van der Waals surface area contributed by atoms with E-state index in [1.54, 1.807) is 70.4 Å². The summed E-state index contributed by atoms with van der Waals surface area (Å²) >= 11 is 3.10. The molecule has 0 radical (unpaired) electrons. The minimum atomic E-state index is -1.25. The molecule has 0 aliphatic carbocycles. The van der Waals surface area contributed by atoms with Gasteiger partial charge in [0, 0.05) is 85.9 Å². The molecule has 7 heterocycles. The normalized spacial score (nSPS) is 10.9. The molecule has 33 heteroatoms. The number of rotatable bonds is 36. The number of fused-ring (bicyclic) bond motifs is 5. The topological polar surface area (TPSA) is 380 Å². The van der Waals surface area contributed by atoms with Gasteiger partial charge in [0.1, 0.15) is 40.4 Å². The zero-order valence-corrected chi connectivity index (χ0v) is 69.8. The molecule has 0 atom stereocenters. The number of imidazole rings is 5. The van der Waals surface area contributed by atoms with Gasteiger partial charge in [-0.25, -0.2) is 61.2 Å². The number of hydrogen-bond donors (Lipinski definition) is 10. The Morgan fingerprint density at radius 1 is 0.361 bits per heavy atom. The van der Waals surface area contributed by atoms with Crippen LogP contribution in [0.15, 0.2) is 210 Å². The van der Waals surface area contributed by atoms with Crippen LogP contribution >= 0.6 is 22.7 Å². The van der Waals surface area contributed by atoms with E-state index in [4.69, 9.17) is 60.0 Å². The van der Waals surface area contributed by atoms with E-state index in [-0.39, 0.29) is 29.4 Å². The third-order valence-corrected chi connectivity index (χ3v) is 21.4. The fourth-order valence-electron chi connectivity index (χ4n) is 14.1.